The van der Waals surface area contributed by atoms with Gasteiger partial charge in [0.2, 0.25) is 5.69 Å². The second kappa shape index (κ2) is 10.2. The number of thioether (sulfide) groups is 1. The molecule has 138 valence electrons. The van der Waals surface area contributed by atoms with Crippen LogP contribution >= 0.6 is 11.8 Å². The van der Waals surface area contributed by atoms with Crippen molar-refractivity contribution in [3.63, 3.8) is 0 Å². The molecule has 2 aromatic rings. The van der Waals surface area contributed by atoms with Crippen molar-refractivity contribution < 1.29 is 28.6 Å². The fourth-order valence-electron chi connectivity index (χ4n) is 3.23. The Morgan fingerprint density at radius 2 is 1.69 bits per heavy atom. The summed E-state index contributed by atoms with van der Waals surface area (Å²) in [5.41, 5.74) is 5.25. The lowest BCUT2D eigenvalue weighted by Crippen LogP contribution is -3.00. The van der Waals surface area contributed by atoms with E-state index in [9.17, 15) is 0 Å². The third kappa shape index (κ3) is 5.13. The van der Waals surface area contributed by atoms with Crippen molar-refractivity contribution in [2.45, 2.75) is 24.2 Å². The Labute approximate surface area is 179 Å². The second-order valence-electron chi connectivity index (χ2n) is 6.59. The van der Waals surface area contributed by atoms with E-state index in [4.69, 9.17) is 0 Å². The molecule has 0 unspecified atom stereocenters. The zero-order valence-corrected chi connectivity index (χ0v) is 18.8. The van der Waals surface area contributed by atoms with Gasteiger partial charge >= 0.3 is 0 Å². The van der Waals surface area contributed by atoms with E-state index >= 15 is 0 Å². The molecule has 0 saturated carbocycles. The lowest BCUT2D eigenvalue weighted by atomic mass is 10.1. The molecule has 1 aliphatic heterocycles. The maximum Gasteiger partial charge on any atom is 0.219 e. The van der Waals surface area contributed by atoms with E-state index in [1.807, 2.05) is 11.8 Å². The summed E-state index contributed by atoms with van der Waals surface area (Å²) in [5.74, 6) is 0. The summed E-state index contributed by atoms with van der Waals surface area (Å²) in [7, 11) is 4.15. The molecule has 0 fully saturated rings. The number of anilines is 1. The molecule has 0 N–H and O–H groups in total. The summed E-state index contributed by atoms with van der Waals surface area (Å²) in [5, 5.41) is 0. The fraction of sp³-hybridized carbons (Fsp3) is 0.318. The quantitative estimate of drug-likeness (QED) is 0.370. The summed E-state index contributed by atoms with van der Waals surface area (Å²) < 4.78 is 2.50. The predicted octanol–water partition coefficient (Wildman–Crippen LogP) is 2.46. The van der Waals surface area contributed by atoms with Crippen LogP contribution in [0.5, 0.6) is 0 Å². The topological polar surface area (TPSA) is 6.25 Å². The smallest absolute Gasteiger partial charge is 0.219 e. The Kier molecular flexibility index (Phi) is 8.22. The minimum atomic E-state index is 0. The summed E-state index contributed by atoms with van der Waals surface area (Å²) in [6.45, 7) is 1.11. The van der Waals surface area contributed by atoms with Crippen LogP contribution in [-0.4, -0.2) is 37.2 Å². The third-order valence-corrected chi connectivity index (χ3v) is 5.45. The number of halogens is 1. The minimum Gasteiger partial charge on any atom is -1.00 e. The van der Waals surface area contributed by atoms with E-state index in [0.717, 1.165) is 13.0 Å². The number of hydrogen-bond donors (Lipinski definition) is 0. The van der Waals surface area contributed by atoms with Crippen LogP contribution in [0, 0.1) is 0 Å². The molecule has 1 heterocycles. The van der Waals surface area contributed by atoms with Gasteiger partial charge in [-0.25, -0.2) is 0 Å². The number of allylic oxidation sites excluding steroid dienone is 1. The fourth-order valence-corrected chi connectivity index (χ4v) is 3.83. The Bertz CT molecular complexity index is 779. The molecular formula is C22H27IN2S. The third-order valence-electron chi connectivity index (χ3n) is 4.66. The predicted molar refractivity (Wildman–Crippen MR) is 112 cm³/mol. The summed E-state index contributed by atoms with van der Waals surface area (Å²) in [6.07, 6.45) is 10.4. The Balaban J connectivity index is 0.00000243. The van der Waals surface area contributed by atoms with Gasteiger partial charge in [0.1, 0.15) is 6.54 Å². The molecule has 0 spiro atoms. The summed E-state index contributed by atoms with van der Waals surface area (Å²) >= 11 is 1.83. The van der Waals surface area contributed by atoms with Gasteiger partial charge in [-0.1, -0.05) is 24.3 Å². The Morgan fingerprint density at radius 3 is 2.38 bits per heavy atom. The largest absolute Gasteiger partial charge is 1.00 e. The van der Waals surface area contributed by atoms with Crippen molar-refractivity contribution in [2.24, 2.45) is 0 Å². The monoisotopic (exact) mass is 478 g/mol. The molecule has 0 bridgehead atoms. The zero-order chi connectivity index (χ0) is 17.6. The standard InChI is InChI=1S/C22H27N2S.HI/c1-23(2)19-14-11-18(12-15-19)13-16-20-8-6-7-17-24(20)21-9-4-5-10-22(21)25-3;/h4-5,9-16H,6-8,17H2,1-3H3;1H/q+1;/p-1. The van der Waals surface area contributed by atoms with Gasteiger partial charge in [-0.15, -0.1) is 11.8 Å². The van der Waals surface area contributed by atoms with Crippen LogP contribution in [0.15, 0.2) is 59.5 Å². The molecule has 3 rings (SSSR count). The van der Waals surface area contributed by atoms with E-state index in [-0.39, 0.29) is 24.0 Å². The van der Waals surface area contributed by atoms with Crippen molar-refractivity contribution in [1.29, 1.82) is 0 Å². The first-order chi connectivity index (χ1) is 12.2. The average Bonchev–Trinajstić information content (AvgIpc) is 2.67. The van der Waals surface area contributed by atoms with Crippen LogP contribution in [0.4, 0.5) is 11.4 Å². The van der Waals surface area contributed by atoms with Crippen LogP contribution in [0.25, 0.3) is 6.08 Å². The summed E-state index contributed by atoms with van der Waals surface area (Å²) in [6, 6.07) is 17.5. The average molecular weight is 478 g/mol. The van der Waals surface area contributed by atoms with Gasteiger partial charge in [0.25, 0.3) is 0 Å². The highest BCUT2D eigenvalue weighted by Gasteiger charge is 2.22. The summed E-state index contributed by atoms with van der Waals surface area (Å²) in [4.78, 5) is 3.48. The molecule has 0 saturated heterocycles. The van der Waals surface area contributed by atoms with Gasteiger partial charge < -0.3 is 28.9 Å². The van der Waals surface area contributed by atoms with Gasteiger partial charge in [0.15, 0.2) is 5.71 Å². The van der Waals surface area contributed by atoms with Crippen LogP contribution in [-0.2, 0) is 0 Å². The van der Waals surface area contributed by atoms with Crippen LogP contribution in [0.2, 0.25) is 0 Å². The molecule has 4 heteroatoms. The number of benzene rings is 2. The first kappa shape index (κ1) is 21.0. The highest BCUT2D eigenvalue weighted by Crippen LogP contribution is 2.29. The van der Waals surface area contributed by atoms with Crippen LogP contribution in [0.3, 0.4) is 0 Å². The van der Waals surface area contributed by atoms with Gasteiger partial charge in [0, 0.05) is 44.8 Å². The molecule has 0 atom stereocenters. The minimum absolute atomic E-state index is 0. The van der Waals surface area contributed by atoms with Gasteiger partial charge in [-0.05, 0) is 42.5 Å². The highest BCUT2D eigenvalue weighted by atomic mass is 127. The van der Waals surface area contributed by atoms with Crippen molar-refractivity contribution in [3.8, 4) is 0 Å². The van der Waals surface area contributed by atoms with Crippen LogP contribution in [0.1, 0.15) is 24.8 Å². The molecule has 2 aromatic carbocycles. The van der Waals surface area contributed by atoms with E-state index in [1.165, 1.54) is 40.4 Å². The maximum atomic E-state index is 2.50. The van der Waals surface area contributed by atoms with Gasteiger partial charge in [-0.3, -0.25) is 0 Å². The molecule has 0 aliphatic carbocycles. The van der Waals surface area contributed by atoms with Gasteiger partial charge in [0.05, 0.1) is 4.90 Å². The molecule has 0 radical (unpaired) electrons. The van der Waals surface area contributed by atoms with E-state index in [2.05, 4.69) is 90.5 Å². The number of para-hydroxylation sites is 1. The lowest BCUT2D eigenvalue weighted by Gasteiger charge is -2.14. The van der Waals surface area contributed by atoms with Gasteiger partial charge in [-0.2, -0.15) is 4.58 Å². The van der Waals surface area contributed by atoms with Crippen molar-refractivity contribution in [3.05, 3.63) is 60.2 Å². The van der Waals surface area contributed by atoms with Crippen LogP contribution < -0.4 is 28.9 Å². The number of rotatable bonds is 5. The Hall–Kier alpha value is -1.27. The molecule has 1 aliphatic rings. The van der Waals surface area contributed by atoms with E-state index < -0.39 is 0 Å². The first-order valence-electron chi connectivity index (χ1n) is 8.91. The molecular weight excluding hydrogens is 451 g/mol. The molecule has 26 heavy (non-hydrogen) atoms. The number of nitrogens with zero attached hydrogens (tertiary/aromatic N) is 2. The highest BCUT2D eigenvalue weighted by molar-refractivity contribution is 7.98. The lowest BCUT2D eigenvalue weighted by molar-refractivity contribution is -0.448. The SMILES string of the molecule is CSc1ccccc1[N+]1=C(/C=C/c2ccc(N(C)C)cc2)CCCC1.[I-]. The molecule has 0 amide bonds. The van der Waals surface area contributed by atoms with Crippen molar-refractivity contribution in [1.82, 2.24) is 0 Å². The van der Waals surface area contributed by atoms with Crippen molar-refractivity contribution >= 4 is 34.9 Å². The maximum absolute atomic E-state index is 2.50. The molecule has 0 aromatic heterocycles. The van der Waals surface area contributed by atoms with E-state index in [0.29, 0.717) is 0 Å². The zero-order valence-electron chi connectivity index (χ0n) is 15.8. The Morgan fingerprint density at radius 1 is 0.962 bits per heavy atom. The van der Waals surface area contributed by atoms with Crippen molar-refractivity contribution in [2.75, 3.05) is 31.8 Å². The first-order valence-corrected chi connectivity index (χ1v) is 10.1. The normalized spacial score (nSPS) is 14.4. The van der Waals surface area contributed by atoms with E-state index in [1.54, 1.807) is 0 Å². The molecule has 2 nitrogen and oxygen atoms in total. The number of hydrogen-bond acceptors (Lipinski definition) is 2. The second-order valence-corrected chi connectivity index (χ2v) is 7.44.